The van der Waals surface area contributed by atoms with Gasteiger partial charge in [-0.1, -0.05) is 17.3 Å². The second-order valence-corrected chi connectivity index (χ2v) is 7.45. The predicted molar refractivity (Wildman–Crippen MR) is 102 cm³/mol. The number of hydrogen-bond acceptors (Lipinski definition) is 6. The Balaban J connectivity index is 1.73. The number of nitrogens with zero attached hydrogens (tertiary/aromatic N) is 8. The van der Waals surface area contributed by atoms with Gasteiger partial charge in [0.25, 0.3) is 5.95 Å². The van der Waals surface area contributed by atoms with Gasteiger partial charge in [-0.25, -0.2) is 9.38 Å². The molecule has 1 aromatic carbocycles. The van der Waals surface area contributed by atoms with Crippen LogP contribution in [0.2, 0.25) is 5.28 Å². The molecule has 1 aliphatic heterocycles. The van der Waals surface area contributed by atoms with Crippen LogP contribution in [0.25, 0.3) is 28.1 Å². The number of imidazole rings is 1. The summed E-state index contributed by atoms with van der Waals surface area (Å²) in [5.74, 6) is 0.520. The smallest absolute Gasteiger partial charge is 0.259 e. The summed E-state index contributed by atoms with van der Waals surface area (Å²) in [5, 5.41) is 18.6. The SMILES string of the molecule is CC1(c2cnnn2-c2nnc3c4ccccc4n4c(Cl)ncc4n23)CCCO1. The highest BCUT2D eigenvalue weighted by molar-refractivity contribution is 6.29. The summed E-state index contributed by atoms with van der Waals surface area (Å²) in [6.45, 7) is 2.77. The zero-order valence-electron chi connectivity index (χ0n) is 14.9. The van der Waals surface area contributed by atoms with Gasteiger partial charge in [0.05, 0.1) is 23.6 Å². The molecule has 0 bridgehead atoms. The van der Waals surface area contributed by atoms with Crippen molar-refractivity contribution in [1.29, 1.82) is 0 Å². The van der Waals surface area contributed by atoms with Gasteiger partial charge >= 0.3 is 0 Å². The van der Waals surface area contributed by atoms with Crippen LogP contribution in [0.1, 0.15) is 25.5 Å². The lowest BCUT2D eigenvalue weighted by molar-refractivity contribution is 0.0111. The molecule has 9 nitrogen and oxygen atoms in total. The Labute approximate surface area is 163 Å². The number of aromatic nitrogens is 8. The zero-order valence-corrected chi connectivity index (χ0v) is 15.7. The summed E-state index contributed by atoms with van der Waals surface area (Å²) in [4.78, 5) is 4.29. The predicted octanol–water partition coefficient (Wildman–Crippen LogP) is 2.79. The Kier molecular flexibility index (Phi) is 3.13. The summed E-state index contributed by atoms with van der Waals surface area (Å²) >= 11 is 6.40. The minimum Gasteiger partial charge on any atom is -0.369 e. The maximum absolute atomic E-state index is 6.40. The van der Waals surface area contributed by atoms with Crippen LogP contribution in [-0.2, 0) is 10.3 Å². The fourth-order valence-electron chi connectivity index (χ4n) is 4.08. The van der Waals surface area contributed by atoms with Gasteiger partial charge in [-0.15, -0.1) is 15.3 Å². The van der Waals surface area contributed by atoms with E-state index in [1.165, 1.54) is 0 Å². The first-order chi connectivity index (χ1) is 13.7. The van der Waals surface area contributed by atoms with Crippen molar-refractivity contribution in [2.75, 3.05) is 6.61 Å². The molecule has 28 heavy (non-hydrogen) atoms. The Morgan fingerprint density at radius 2 is 2.04 bits per heavy atom. The standard InChI is InChI=1S/C18H15ClN8O/c1-18(7-4-8-28-18)13-9-21-24-27(13)17-23-22-15-11-5-2-3-6-12(11)25-14(26(15)17)10-20-16(25)19/h2-3,5-6,9-10H,4,7-8H2,1H3. The van der Waals surface area contributed by atoms with Crippen LogP contribution in [0.15, 0.2) is 36.7 Å². The fourth-order valence-corrected chi connectivity index (χ4v) is 4.31. The molecule has 5 aromatic rings. The minimum absolute atomic E-state index is 0.373. The Hall–Kier alpha value is -3.04. The Morgan fingerprint density at radius 1 is 1.14 bits per heavy atom. The average Bonchev–Trinajstić information content (AvgIpc) is 3.47. The van der Waals surface area contributed by atoms with Crippen molar-refractivity contribution < 1.29 is 4.74 Å². The van der Waals surface area contributed by atoms with Crippen LogP contribution in [-0.4, -0.2) is 45.6 Å². The van der Waals surface area contributed by atoms with Gasteiger partial charge in [0.2, 0.25) is 5.28 Å². The van der Waals surface area contributed by atoms with E-state index in [1.54, 1.807) is 17.1 Å². The molecule has 10 heteroatoms. The van der Waals surface area contributed by atoms with Crippen LogP contribution in [0.5, 0.6) is 0 Å². The molecule has 0 N–H and O–H groups in total. The normalized spacial score (nSPS) is 20.1. The number of para-hydroxylation sites is 1. The highest BCUT2D eigenvalue weighted by Crippen LogP contribution is 2.36. The van der Waals surface area contributed by atoms with Gasteiger partial charge in [-0.05, 0) is 43.5 Å². The summed E-state index contributed by atoms with van der Waals surface area (Å²) in [6.07, 6.45) is 5.33. The van der Waals surface area contributed by atoms with E-state index in [9.17, 15) is 0 Å². The second kappa shape index (κ2) is 5.49. The van der Waals surface area contributed by atoms with Crippen molar-refractivity contribution in [3.8, 4) is 5.95 Å². The lowest BCUT2D eigenvalue weighted by Crippen LogP contribution is -2.25. The molecule has 1 unspecified atom stereocenters. The number of ether oxygens (including phenoxy) is 1. The largest absolute Gasteiger partial charge is 0.369 e. The topological polar surface area (TPSA) is 87.4 Å². The van der Waals surface area contributed by atoms with Gasteiger partial charge in [0.15, 0.2) is 5.65 Å². The van der Waals surface area contributed by atoms with Gasteiger partial charge in [0, 0.05) is 12.0 Å². The molecule has 140 valence electrons. The molecule has 1 saturated heterocycles. The van der Waals surface area contributed by atoms with E-state index in [0.29, 0.717) is 16.9 Å². The first-order valence-corrected chi connectivity index (χ1v) is 9.39. The van der Waals surface area contributed by atoms with Gasteiger partial charge in [-0.2, -0.15) is 4.68 Å². The van der Waals surface area contributed by atoms with Gasteiger partial charge in [0.1, 0.15) is 11.2 Å². The summed E-state index contributed by atoms with van der Waals surface area (Å²) < 4.78 is 11.5. The summed E-state index contributed by atoms with van der Waals surface area (Å²) in [5.41, 5.74) is 2.75. The molecule has 1 fully saturated rings. The number of fused-ring (bicyclic) bond motifs is 6. The number of hydrogen-bond donors (Lipinski definition) is 0. The highest BCUT2D eigenvalue weighted by atomic mass is 35.5. The molecule has 1 atom stereocenters. The van der Waals surface area contributed by atoms with Gasteiger partial charge in [-0.3, -0.25) is 4.40 Å². The monoisotopic (exact) mass is 394 g/mol. The van der Waals surface area contributed by atoms with Crippen LogP contribution in [0, 0.1) is 0 Å². The molecular formula is C18H15ClN8O. The molecule has 0 amide bonds. The number of rotatable bonds is 2. The quantitative estimate of drug-likeness (QED) is 0.457. The van der Waals surface area contributed by atoms with Crippen LogP contribution in [0.3, 0.4) is 0 Å². The minimum atomic E-state index is -0.458. The lowest BCUT2D eigenvalue weighted by Gasteiger charge is -2.22. The van der Waals surface area contributed by atoms with E-state index in [4.69, 9.17) is 16.3 Å². The van der Waals surface area contributed by atoms with Crippen molar-refractivity contribution in [2.24, 2.45) is 0 Å². The van der Waals surface area contributed by atoms with E-state index < -0.39 is 5.60 Å². The molecule has 0 spiro atoms. The molecule has 0 aliphatic carbocycles. The molecular weight excluding hydrogens is 380 g/mol. The van der Waals surface area contributed by atoms with Gasteiger partial charge < -0.3 is 4.74 Å². The van der Waals surface area contributed by atoms with E-state index in [0.717, 1.165) is 41.7 Å². The molecule has 6 rings (SSSR count). The van der Waals surface area contributed by atoms with Crippen LogP contribution >= 0.6 is 11.6 Å². The first-order valence-electron chi connectivity index (χ1n) is 9.02. The third kappa shape index (κ3) is 1.97. The summed E-state index contributed by atoms with van der Waals surface area (Å²) in [6, 6.07) is 7.89. The lowest BCUT2D eigenvalue weighted by atomic mass is 9.99. The summed E-state index contributed by atoms with van der Waals surface area (Å²) in [7, 11) is 0. The van der Waals surface area contributed by atoms with E-state index >= 15 is 0 Å². The van der Waals surface area contributed by atoms with E-state index in [-0.39, 0.29) is 0 Å². The average molecular weight is 395 g/mol. The number of halogens is 1. The molecule has 0 saturated carbocycles. The van der Waals surface area contributed by atoms with Crippen molar-refractivity contribution in [1.82, 2.24) is 39.0 Å². The molecule has 4 aromatic heterocycles. The maximum atomic E-state index is 6.40. The second-order valence-electron chi connectivity index (χ2n) is 7.11. The third-order valence-electron chi connectivity index (χ3n) is 5.46. The van der Waals surface area contributed by atoms with Crippen molar-refractivity contribution in [3.05, 3.63) is 47.6 Å². The molecule has 0 radical (unpaired) electrons. The Morgan fingerprint density at radius 3 is 2.89 bits per heavy atom. The van der Waals surface area contributed by atoms with E-state index in [2.05, 4.69) is 32.4 Å². The maximum Gasteiger partial charge on any atom is 0.259 e. The molecule has 5 heterocycles. The number of benzene rings is 1. The van der Waals surface area contributed by atoms with Crippen LogP contribution < -0.4 is 0 Å². The van der Waals surface area contributed by atoms with Crippen molar-refractivity contribution >= 4 is 33.8 Å². The first kappa shape index (κ1) is 16.0. The van der Waals surface area contributed by atoms with Crippen molar-refractivity contribution in [2.45, 2.75) is 25.4 Å². The van der Waals surface area contributed by atoms with Crippen LogP contribution in [0.4, 0.5) is 0 Å². The third-order valence-corrected chi connectivity index (χ3v) is 5.73. The Bertz CT molecular complexity index is 1360. The van der Waals surface area contributed by atoms with E-state index in [1.807, 2.05) is 33.1 Å². The fraction of sp³-hybridized carbons (Fsp3) is 0.278. The molecule has 1 aliphatic rings. The zero-order chi connectivity index (χ0) is 18.9. The highest BCUT2D eigenvalue weighted by Gasteiger charge is 2.37. The van der Waals surface area contributed by atoms with Crippen molar-refractivity contribution in [3.63, 3.8) is 0 Å².